The number of amides is 1. The molecular weight excluding hydrogens is 280 g/mol. The number of unbranched alkanes of at least 4 members (excludes halogenated alkanes) is 1. The van der Waals surface area contributed by atoms with Crippen LogP contribution in [0.1, 0.15) is 33.1 Å². The topological polar surface area (TPSA) is 106 Å². The van der Waals surface area contributed by atoms with Gasteiger partial charge in [0.25, 0.3) is 0 Å². The van der Waals surface area contributed by atoms with Gasteiger partial charge in [-0.15, -0.1) is 0 Å². The molecule has 2 aromatic rings. The van der Waals surface area contributed by atoms with Crippen molar-refractivity contribution in [3.63, 3.8) is 0 Å². The number of pyridine rings is 1. The minimum absolute atomic E-state index is 0.0477. The summed E-state index contributed by atoms with van der Waals surface area (Å²) in [7, 11) is 0. The first-order valence-corrected chi connectivity index (χ1v) is 7.49. The Balaban J connectivity index is 2.22. The molecule has 0 aromatic carbocycles. The van der Waals surface area contributed by atoms with E-state index < -0.39 is 0 Å². The number of nitrogen functional groups attached to an aromatic ring is 1. The minimum atomic E-state index is -0.0477. The van der Waals surface area contributed by atoms with Crippen LogP contribution in [0.15, 0.2) is 18.3 Å². The molecule has 0 saturated heterocycles. The number of aromatic nitrogens is 3. The Bertz CT molecular complexity index is 645. The smallest absolute Gasteiger partial charge is 0.222 e. The molecule has 2 rings (SSSR count). The van der Waals surface area contributed by atoms with Gasteiger partial charge in [-0.25, -0.2) is 4.98 Å². The number of anilines is 2. The Hall–Kier alpha value is -2.44. The number of carbonyl (C=O) groups excluding carboxylic acids is 1. The minimum Gasteiger partial charge on any atom is -0.368 e. The van der Waals surface area contributed by atoms with Gasteiger partial charge in [-0.3, -0.25) is 9.78 Å². The molecule has 4 N–H and O–H groups in total. The SMILES string of the molecule is CCCCC(CNC(C)=O)Nc1nc(N)nc2cccnc12. The molecule has 0 aliphatic heterocycles. The van der Waals surface area contributed by atoms with Gasteiger partial charge in [0.1, 0.15) is 5.52 Å². The van der Waals surface area contributed by atoms with Crippen molar-refractivity contribution in [3.8, 4) is 0 Å². The predicted molar refractivity (Wildman–Crippen MR) is 87.4 cm³/mol. The van der Waals surface area contributed by atoms with Crippen molar-refractivity contribution in [2.45, 2.75) is 39.2 Å². The van der Waals surface area contributed by atoms with Gasteiger partial charge >= 0.3 is 0 Å². The van der Waals surface area contributed by atoms with Gasteiger partial charge in [0.05, 0.1) is 5.52 Å². The number of fused-ring (bicyclic) bond motifs is 1. The maximum atomic E-state index is 11.1. The number of nitrogens with one attached hydrogen (secondary N) is 2. The summed E-state index contributed by atoms with van der Waals surface area (Å²) in [6.07, 6.45) is 4.77. The van der Waals surface area contributed by atoms with Gasteiger partial charge in [-0.2, -0.15) is 4.98 Å². The molecule has 1 atom stereocenters. The van der Waals surface area contributed by atoms with Gasteiger partial charge in [-0.1, -0.05) is 19.8 Å². The lowest BCUT2D eigenvalue weighted by Gasteiger charge is -2.20. The maximum Gasteiger partial charge on any atom is 0.222 e. The van der Waals surface area contributed by atoms with E-state index in [0.717, 1.165) is 19.3 Å². The van der Waals surface area contributed by atoms with Gasteiger partial charge in [0, 0.05) is 25.7 Å². The van der Waals surface area contributed by atoms with Crippen molar-refractivity contribution in [3.05, 3.63) is 18.3 Å². The highest BCUT2D eigenvalue weighted by molar-refractivity contribution is 5.86. The molecule has 0 fully saturated rings. The zero-order valence-corrected chi connectivity index (χ0v) is 13.0. The number of hydrogen-bond acceptors (Lipinski definition) is 6. The van der Waals surface area contributed by atoms with Gasteiger partial charge in [0.2, 0.25) is 11.9 Å². The molecule has 2 heterocycles. The summed E-state index contributed by atoms with van der Waals surface area (Å²) in [6, 6.07) is 3.73. The molecule has 7 heteroatoms. The normalized spacial score (nSPS) is 12.1. The highest BCUT2D eigenvalue weighted by Crippen LogP contribution is 2.20. The van der Waals surface area contributed by atoms with E-state index in [1.54, 1.807) is 6.20 Å². The molecule has 0 spiro atoms. The van der Waals surface area contributed by atoms with Crippen molar-refractivity contribution in [1.82, 2.24) is 20.3 Å². The third kappa shape index (κ3) is 4.28. The number of hydrogen-bond donors (Lipinski definition) is 3. The summed E-state index contributed by atoms with van der Waals surface area (Å²) in [6.45, 7) is 4.18. The molecule has 1 unspecified atom stereocenters. The van der Waals surface area contributed by atoms with E-state index in [0.29, 0.717) is 23.4 Å². The highest BCUT2D eigenvalue weighted by atomic mass is 16.1. The second kappa shape index (κ2) is 7.53. The fourth-order valence-corrected chi connectivity index (χ4v) is 2.22. The van der Waals surface area contributed by atoms with E-state index in [1.807, 2.05) is 12.1 Å². The van der Waals surface area contributed by atoms with Crippen LogP contribution in [-0.4, -0.2) is 33.4 Å². The molecule has 0 aliphatic rings. The Labute approximate surface area is 129 Å². The number of carbonyl (C=O) groups is 1. The molecule has 0 bridgehead atoms. The number of nitrogens with two attached hydrogens (primary N) is 1. The first-order valence-electron chi connectivity index (χ1n) is 7.49. The van der Waals surface area contributed by atoms with Crippen molar-refractivity contribution in [2.24, 2.45) is 0 Å². The fourth-order valence-electron chi connectivity index (χ4n) is 2.22. The lowest BCUT2D eigenvalue weighted by atomic mass is 10.1. The standard InChI is InChI=1S/C15H22N6O/c1-3-4-6-11(9-18-10(2)22)19-14-13-12(7-5-8-17-13)20-15(16)21-14/h5,7-8,11H,3-4,6,9H2,1-2H3,(H,18,22)(H3,16,19,20,21). The van der Waals surface area contributed by atoms with E-state index in [-0.39, 0.29) is 17.9 Å². The van der Waals surface area contributed by atoms with Crippen LogP contribution in [0.4, 0.5) is 11.8 Å². The molecule has 0 radical (unpaired) electrons. The Morgan fingerprint density at radius 2 is 2.23 bits per heavy atom. The largest absolute Gasteiger partial charge is 0.368 e. The Morgan fingerprint density at radius 3 is 2.95 bits per heavy atom. The van der Waals surface area contributed by atoms with Crippen LogP contribution >= 0.6 is 0 Å². The molecular formula is C15H22N6O. The van der Waals surface area contributed by atoms with Crippen LogP contribution in [0.25, 0.3) is 11.0 Å². The molecule has 0 aliphatic carbocycles. The fraction of sp³-hybridized carbons (Fsp3) is 0.467. The Kier molecular flexibility index (Phi) is 5.46. The summed E-state index contributed by atoms with van der Waals surface area (Å²) in [5, 5.41) is 6.19. The summed E-state index contributed by atoms with van der Waals surface area (Å²) < 4.78 is 0. The zero-order valence-electron chi connectivity index (χ0n) is 13.0. The lowest BCUT2D eigenvalue weighted by Crippen LogP contribution is -2.35. The highest BCUT2D eigenvalue weighted by Gasteiger charge is 2.13. The monoisotopic (exact) mass is 302 g/mol. The van der Waals surface area contributed by atoms with E-state index in [4.69, 9.17) is 5.73 Å². The summed E-state index contributed by atoms with van der Waals surface area (Å²) >= 11 is 0. The van der Waals surface area contributed by atoms with Crippen LogP contribution in [-0.2, 0) is 4.79 Å². The van der Waals surface area contributed by atoms with Gasteiger partial charge < -0.3 is 16.4 Å². The van der Waals surface area contributed by atoms with Crippen molar-refractivity contribution < 1.29 is 4.79 Å². The quantitative estimate of drug-likeness (QED) is 0.719. The van der Waals surface area contributed by atoms with Crippen LogP contribution in [0.2, 0.25) is 0 Å². The molecule has 0 saturated carbocycles. The number of nitrogens with zero attached hydrogens (tertiary/aromatic N) is 3. The van der Waals surface area contributed by atoms with Crippen molar-refractivity contribution in [1.29, 1.82) is 0 Å². The van der Waals surface area contributed by atoms with Crippen molar-refractivity contribution in [2.75, 3.05) is 17.6 Å². The lowest BCUT2D eigenvalue weighted by molar-refractivity contribution is -0.119. The van der Waals surface area contributed by atoms with Crippen LogP contribution < -0.4 is 16.4 Å². The second-order valence-corrected chi connectivity index (χ2v) is 5.22. The second-order valence-electron chi connectivity index (χ2n) is 5.22. The molecule has 2 aromatic heterocycles. The zero-order chi connectivity index (χ0) is 15.9. The first kappa shape index (κ1) is 15.9. The van der Waals surface area contributed by atoms with Crippen LogP contribution in [0.3, 0.4) is 0 Å². The summed E-state index contributed by atoms with van der Waals surface area (Å²) in [5.74, 6) is 0.764. The van der Waals surface area contributed by atoms with E-state index in [1.165, 1.54) is 6.92 Å². The molecule has 7 nitrogen and oxygen atoms in total. The molecule has 1 amide bonds. The average Bonchev–Trinajstić information content (AvgIpc) is 2.49. The van der Waals surface area contributed by atoms with E-state index in [9.17, 15) is 4.79 Å². The van der Waals surface area contributed by atoms with Crippen LogP contribution in [0, 0.1) is 0 Å². The first-order chi connectivity index (χ1) is 10.6. The summed E-state index contributed by atoms with van der Waals surface area (Å²) in [5.41, 5.74) is 7.14. The predicted octanol–water partition coefficient (Wildman–Crippen LogP) is 1.71. The third-order valence-electron chi connectivity index (χ3n) is 3.32. The molecule has 118 valence electrons. The molecule has 22 heavy (non-hydrogen) atoms. The van der Waals surface area contributed by atoms with Gasteiger partial charge in [-0.05, 0) is 18.6 Å². The third-order valence-corrected chi connectivity index (χ3v) is 3.32. The summed E-state index contributed by atoms with van der Waals surface area (Å²) in [4.78, 5) is 23.9. The van der Waals surface area contributed by atoms with Crippen molar-refractivity contribution >= 4 is 28.7 Å². The Morgan fingerprint density at radius 1 is 1.41 bits per heavy atom. The van der Waals surface area contributed by atoms with Gasteiger partial charge in [0.15, 0.2) is 5.82 Å². The van der Waals surface area contributed by atoms with E-state index in [2.05, 4.69) is 32.5 Å². The number of rotatable bonds is 7. The van der Waals surface area contributed by atoms with Crippen LogP contribution in [0.5, 0.6) is 0 Å². The maximum absolute atomic E-state index is 11.1. The van der Waals surface area contributed by atoms with E-state index >= 15 is 0 Å². The average molecular weight is 302 g/mol.